The zero-order valence-corrected chi connectivity index (χ0v) is 15.3. The largest absolute Gasteiger partial charge is 0.377 e. The summed E-state index contributed by atoms with van der Waals surface area (Å²) in [7, 11) is -3.36. The van der Waals surface area contributed by atoms with E-state index in [4.69, 9.17) is 16.3 Å². The van der Waals surface area contributed by atoms with Crippen molar-refractivity contribution in [2.75, 3.05) is 26.0 Å². The lowest BCUT2D eigenvalue weighted by molar-refractivity contribution is -0.121. The molecule has 1 aliphatic heterocycles. The second-order valence-corrected chi connectivity index (χ2v) is 8.33. The lowest BCUT2D eigenvalue weighted by Crippen LogP contribution is -2.39. The van der Waals surface area contributed by atoms with E-state index in [9.17, 15) is 13.2 Å². The molecule has 1 aromatic carbocycles. The quantitative estimate of drug-likeness (QED) is 0.752. The van der Waals surface area contributed by atoms with Crippen LogP contribution in [0, 0.1) is 0 Å². The fraction of sp³-hybridized carbons (Fsp3) is 0.562. The van der Waals surface area contributed by atoms with Gasteiger partial charge in [-0.25, -0.2) is 8.42 Å². The van der Waals surface area contributed by atoms with Crippen molar-refractivity contribution in [1.82, 2.24) is 9.62 Å². The molecule has 1 aliphatic rings. The Bertz CT molecular complexity index is 643. The van der Waals surface area contributed by atoms with E-state index in [0.29, 0.717) is 24.7 Å². The van der Waals surface area contributed by atoms with Crippen molar-refractivity contribution in [2.45, 2.75) is 31.9 Å². The van der Waals surface area contributed by atoms with Crippen LogP contribution < -0.4 is 5.32 Å². The van der Waals surface area contributed by atoms with Gasteiger partial charge in [-0.1, -0.05) is 23.7 Å². The highest BCUT2D eigenvalue weighted by molar-refractivity contribution is 7.88. The van der Waals surface area contributed by atoms with E-state index < -0.39 is 10.0 Å². The summed E-state index contributed by atoms with van der Waals surface area (Å²) in [5.41, 5.74) is 0.937. The molecule has 1 unspecified atom stereocenters. The molecule has 1 amide bonds. The molecule has 1 atom stereocenters. The summed E-state index contributed by atoms with van der Waals surface area (Å²) >= 11 is 5.81. The van der Waals surface area contributed by atoms with Crippen molar-refractivity contribution in [3.63, 3.8) is 0 Å². The molecule has 134 valence electrons. The second kappa shape index (κ2) is 8.80. The summed E-state index contributed by atoms with van der Waals surface area (Å²) in [5, 5.41) is 3.43. The highest BCUT2D eigenvalue weighted by atomic mass is 35.5. The Morgan fingerprint density at radius 2 is 2.08 bits per heavy atom. The molecule has 1 aromatic rings. The summed E-state index contributed by atoms with van der Waals surface area (Å²) < 4.78 is 30.5. The minimum Gasteiger partial charge on any atom is -0.377 e. The predicted octanol–water partition coefficient (Wildman–Crippen LogP) is 1.79. The zero-order valence-electron chi connectivity index (χ0n) is 13.7. The number of carbonyl (C=O) groups excluding carboxylic acids is 1. The molecule has 8 heteroatoms. The van der Waals surface area contributed by atoms with Crippen LogP contribution in [0.3, 0.4) is 0 Å². The maximum Gasteiger partial charge on any atom is 0.221 e. The number of benzene rings is 1. The molecule has 1 fully saturated rings. The molecule has 2 rings (SSSR count). The molecule has 0 bridgehead atoms. The van der Waals surface area contributed by atoms with Crippen LogP contribution >= 0.6 is 11.6 Å². The summed E-state index contributed by atoms with van der Waals surface area (Å²) in [6.07, 6.45) is 3.01. The van der Waals surface area contributed by atoms with Gasteiger partial charge in [0.2, 0.25) is 15.9 Å². The third kappa shape index (κ3) is 6.39. The van der Waals surface area contributed by atoms with Crippen LogP contribution in [-0.2, 0) is 26.1 Å². The van der Waals surface area contributed by atoms with Gasteiger partial charge in [0.25, 0.3) is 0 Å². The number of carbonyl (C=O) groups is 1. The van der Waals surface area contributed by atoms with E-state index in [2.05, 4.69) is 5.32 Å². The van der Waals surface area contributed by atoms with Gasteiger partial charge in [-0.15, -0.1) is 0 Å². The maximum atomic E-state index is 12.0. The standard InChI is InChI=1S/C16H23ClN2O4S/c1-24(21,22)19(12-15-3-2-10-23-15)9-8-16(20)18-11-13-4-6-14(17)7-5-13/h4-7,15H,2-3,8-12H2,1H3,(H,18,20). The van der Waals surface area contributed by atoms with E-state index in [0.717, 1.165) is 24.7 Å². The normalized spacial score (nSPS) is 18.0. The number of hydrogen-bond acceptors (Lipinski definition) is 4. The average molecular weight is 375 g/mol. The first kappa shape index (κ1) is 19.2. The molecule has 1 heterocycles. The van der Waals surface area contributed by atoms with Crippen molar-refractivity contribution in [3.8, 4) is 0 Å². The highest BCUT2D eigenvalue weighted by Gasteiger charge is 2.25. The van der Waals surface area contributed by atoms with Gasteiger partial charge in [0, 0.05) is 37.7 Å². The van der Waals surface area contributed by atoms with E-state index in [-0.39, 0.29) is 25.0 Å². The minimum atomic E-state index is -3.36. The van der Waals surface area contributed by atoms with Gasteiger partial charge in [0.15, 0.2) is 0 Å². The van der Waals surface area contributed by atoms with Crippen molar-refractivity contribution in [2.24, 2.45) is 0 Å². The number of nitrogens with one attached hydrogen (secondary N) is 1. The fourth-order valence-electron chi connectivity index (χ4n) is 2.53. The molecule has 0 radical (unpaired) electrons. The van der Waals surface area contributed by atoms with Gasteiger partial charge in [0.05, 0.1) is 12.4 Å². The van der Waals surface area contributed by atoms with Gasteiger partial charge in [-0.2, -0.15) is 4.31 Å². The van der Waals surface area contributed by atoms with Crippen molar-refractivity contribution in [3.05, 3.63) is 34.9 Å². The third-order valence-corrected chi connectivity index (χ3v) is 5.41. The molecule has 1 N–H and O–H groups in total. The first-order valence-corrected chi connectivity index (χ1v) is 10.1. The Labute approximate surface area is 148 Å². The molecule has 6 nitrogen and oxygen atoms in total. The highest BCUT2D eigenvalue weighted by Crippen LogP contribution is 2.15. The SMILES string of the molecule is CS(=O)(=O)N(CCC(=O)NCc1ccc(Cl)cc1)CC1CCCO1. The first-order chi connectivity index (χ1) is 11.3. The van der Waals surface area contributed by atoms with E-state index in [1.807, 2.05) is 12.1 Å². The van der Waals surface area contributed by atoms with Crippen LogP contribution in [0.15, 0.2) is 24.3 Å². The number of halogens is 1. The zero-order chi connectivity index (χ0) is 17.6. The van der Waals surface area contributed by atoms with Crippen LogP contribution in [-0.4, -0.2) is 50.7 Å². The van der Waals surface area contributed by atoms with Crippen molar-refractivity contribution in [1.29, 1.82) is 0 Å². The molecule has 0 aromatic heterocycles. The van der Waals surface area contributed by atoms with Gasteiger partial charge >= 0.3 is 0 Å². The monoisotopic (exact) mass is 374 g/mol. The maximum absolute atomic E-state index is 12.0. The van der Waals surface area contributed by atoms with Crippen LogP contribution in [0.5, 0.6) is 0 Å². The second-order valence-electron chi connectivity index (χ2n) is 5.91. The van der Waals surface area contributed by atoms with Crippen LogP contribution in [0.1, 0.15) is 24.8 Å². The van der Waals surface area contributed by atoms with Crippen molar-refractivity contribution >= 4 is 27.5 Å². The van der Waals surface area contributed by atoms with Gasteiger partial charge in [-0.3, -0.25) is 4.79 Å². The Morgan fingerprint density at radius 1 is 1.38 bits per heavy atom. The van der Waals surface area contributed by atoms with Gasteiger partial charge in [-0.05, 0) is 30.5 Å². The first-order valence-electron chi connectivity index (χ1n) is 7.92. The van der Waals surface area contributed by atoms with Crippen LogP contribution in [0.25, 0.3) is 0 Å². The molecule has 0 spiro atoms. The number of sulfonamides is 1. The Balaban J connectivity index is 1.79. The Morgan fingerprint density at radius 3 is 2.67 bits per heavy atom. The Kier molecular flexibility index (Phi) is 7.03. The third-order valence-electron chi connectivity index (χ3n) is 3.89. The van der Waals surface area contributed by atoms with E-state index in [1.54, 1.807) is 12.1 Å². The summed E-state index contributed by atoms with van der Waals surface area (Å²) in [4.78, 5) is 12.0. The molecular formula is C16H23ClN2O4S. The fourth-order valence-corrected chi connectivity index (χ4v) is 3.51. The molecule has 1 saturated heterocycles. The van der Waals surface area contributed by atoms with Crippen LogP contribution in [0.2, 0.25) is 5.02 Å². The van der Waals surface area contributed by atoms with Gasteiger partial charge < -0.3 is 10.1 Å². The minimum absolute atomic E-state index is 0.0724. The number of ether oxygens (including phenoxy) is 1. The average Bonchev–Trinajstić information content (AvgIpc) is 3.03. The molecule has 0 saturated carbocycles. The van der Waals surface area contributed by atoms with E-state index >= 15 is 0 Å². The summed E-state index contributed by atoms with van der Waals surface area (Å²) in [6.45, 7) is 1.53. The number of nitrogens with zero attached hydrogens (tertiary/aromatic N) is 1. The molecular weight excluding hydrogens is 352 g/mol. The number of amides is 1. The molecule has 0 aliphatic carbocycles. The van der Waals surface area contributed by atoms with E-state index in [1.165, 1.54) is 4.31 Å². The lowest BCUT2D eigenvalue weighted by Gasteiger charge is -2.22. The smallest absolute Gasteiger partial charge is 0.221 e. The predicted molar refractivity (Wildman–Crippen MR) is 93.3 cm³/mol. The summed E-state index contributed by atoms with van der Waals surface area (Å²) in [5.74, 6) is -0.189. The topological polar surface area (TPSA) is 75.7 Å². The molecule has 24 heavy (non-hydrogen) atoms. The summed E-state index contributed by atoms with van der Waals surface area (Å²) in [6, 6.07) is 7.19. The van der Waals surface area contributed by atoms with Crippen molar-refractivity contribution < 1.29 is 17.9 Å². The lowest BCUT2D eigenvalue weighted by atomic mass is 10.2. The Hall–Kier alpha value is -1.15. The van der Waals surface area contributed by atoms with Crippen LogP contribution in [0.4, 0.5) is 0 Å². The number of rotatable bonds is 8. The number of hydrogen-bond donors (Lipinski definition) is 1. The van der Waals surface area contributed by atoms with Gasteiger partial charge in [0.1, 0.15) is 0 Å².